The van der Waals surface area contributed by atoms with Crippen LogP contribution in [-0.2, 0) is 9.47 Å². The third-order valence-corrected chi connectivity index (χ3v) is 3.93. The van der Waals surface area contributed by atoms with Crippen molar-refractivity contribution in [3.8, 4) is 0 Å². The standard InChI is InChI=1S/C14H16ClFO3/c1-3-11-9(2)14(15,16)13(18-11)19-12(17)10-7-5-4-6-8-10/h4-9,11,13H,3H2,1-2H3/t9-,11+,13?,14?/m0/s1. The van der Waals surface area contributed by atoms with Crippen LogP contribution in [-0.4, -0.2) is 23.5 Å². The number of rotatable bonds is 3. The Morgan fingerprint density at radius 1 is 1.47 bits per heavy atom. The number of carbonyl (C=O) groups excluding carboxylic acids is 1. The van der Waals surface area contributed by atoms with E-state index in [1.165, 1.54) is 0 Å². The summed E-state index contributed by atoms with van der Waals surface area (Å²) in [5, 5.41) is -2.19. The third kappa shape index (κ3) is 2.74. The molecule has 3 nitrogen and oxygen atoms in total. The number of alkyl halides is 2. The quantitative estimate of drug-likeness (QED) is 0.630. The molecule has 1 aromatic carbocycles. The highest BCUT2D eigenvalue weighted by Crippen LogP contribution is 2.44. The second-order valence-electron chi connectivity index (χ2n) is 4.65. The Hall–Kier alpha value is -1.13. The van der Waals surface area contributed by atoms with E-state index < -0.39 is 23.3 Å². The van der Waals surface area contributed by atoms with E-state index >= 15 is 0 Å². The third-order valence-electron chi connectivity index (χ3n) is 3.40. The fraction of sp³-hybridized carbons (Fsp3) is 0.500. The van der Waals surface area contributed by atoms with Crippen molar-refractivity contribution in [3.63, 3.8) is 0 Å². The van der Waals surface area contributed by atoms with Gasteiger partial charge in [-0.25, -0.2) is 9.18 Å². The molecule has 2 unspecified atom stereocenters. The van der Waals surface area contributed by atoms with Crippen LogP contribution in [0.2, 0.25) is 0 Å². The lowest BCUT2D eigenvalue weighted by molar-refractivity contribution is -0.129. The van der Waals surface area contributed by atoms with Gasteiger partial charge in [-0.1, -0.05) is 43.6 Å². The molecule has 0 saturated carbocycles. The predicted octanol–water partition coefficient (Wildman–Crippen LogP) is 3.52. The molecule has 1 aromatic rings. The zero-order valence-corrected chi connectivity index (χ0v) is 11.6. The molecule has 1 heterocycles. The normalized spacial score (nSPS) is 34.2. The molecule has 2 rings (SSSR count). The number of carbonyl (C=O) groups is 1. The summed E-state index contributed by atoms with van der Waals surface area (Å²) < 4.78 is 24.8. The van der Waals surface area contributed by atoms with E-state index in [9.17, 15) is 9.18 Å². The van der Waals surface area contributed by atoms with E-state index in [1.807, 2.05) is 6.92 Å². The molecule has 1 saturated heterocycles. The highest BCUT2D eigenvalue weighted by molar-refractivity contribution is 6.23. The molecule has 104 valence electrons. The molecule has 1 aliphatic rings. The van der Waals surface area contributed by atoms with Gasteiger partial charge in [-0.2, -0.15) is 0 Å². The second-order valence-corrected chi connectivity index (χ2v) is 5.23. The Kier molecular flexibility index (Phi) is 4.11. The van der Waals surface area contributed by atoms with Crippen molar-refractivity contribution in [2.45, 2.75) is 37.8 Å². The van der Waals surface area contributed by atoms with E-state index in [0.717, 1.165) is 0 Å². The highest BCUT2D eigenvalue weighted by atomic mass is 35.5. The SMILES string of the molecule is CC[C@H]1OC(OC(=O)c2ccccc2)C(F)(Cl)[C@H]1C. The number of ether oxygens (including phenoxy) is 2. The maximum absolute atomic E-state index is 14.3. The number of benzene rings is 1. The van der Waals surface area contributed by atoms with E-state index in [-0.39, 0.29) is 6.10 Å². The minimum atomic E-state index is -2.19. The van der Waals surface area contributed by atoms with E-state index in [0.29, 0.717) is 12.0 Å². The Bertz CT molecular complexity index is 449. The van der Waals surface area contributed by atoms with Crippen LogP contribution in [0.15, 0.2) is 30.3 Å². The van der Waals surface area contributed by atoms with E-state index in [2.05, 4.69) is 0 Å². The largest absolute Gasteiger partial charge is 0.427 e. The maximum atomic E-state index is 14.3. The van der Waals surface area contributed by atoms with Gasteiger partial charge < -0.3 is 9.47 Å². The zero-order chi connectivity index (χ0) is 14.0. The van der Waals surface area contributed by atoms with Gasteiger partial charge in [0.05, 0.1) is 11.7 Å². The Labute approximate surface area is 116 Å². The van der Waals surface area contributed by atoms with Crippen LogP contribution < -0.4 is 0 Å². The minimum Gasteiger partial charge on any atom is -0.427 e. The van der Waals surface area contributed by atoms with Crippen molar-refractivity contribution in [2.24, 2.45) is 5.92 Å². The maximum Gasteiger partial charge on any atom is 0.340 e. The fourth-order valence-electron chi connectivity index (χ4n) is 2.13. The summed E-state index contributed by atoms with van der Waals surface area (Å²) in [4.78, 5) is 11.9. The van der Waals surface area contributed by atoms with E-state index in [4.69, 9.17) is 21.1 Å². The van der Waals surface area contributed by atoms with Crippen molar-refractivity contribution in [2.75, 3.05) is 0 Å². The molecule has 1 aliphatic heterocycles. The van der Waals surface area contributed by atoms with Crippen LogP contribution in [0.1, 0.15) is 30.6 Å². The van der Waals surface area contributed by atoms with Crippen molar-refractivity contribution >= 4 is 17.6 Å². The molecule has 0 aliphatic carbocycles. The Morgan fingerprint density at radius 2 is 2.11 bits per heavy atom. The smallest absolute Gasteiger partial charge is 0.340 e. The number of esters is 1. The molecule has 19 heavy (non-hydrogen) atoms. The van der Waals surface area contributed by atoms with Gasteiger partial charge in [0.25, 0.3) is 6.29 Å². The van der Waals surface area contributed by atoms with Gasteiger partial charge in [0.15, 0.2) is 0 Å². The predicted molar refractivity (Wildman–Crippen MR) is 69.7 cm³/mol. The Balaban J connectivity index is 2.09. The van der Waals surface area contributed by atoms with Gasteiger partial charge in [0.1, 0.15) is 0 Å². The topological polar surface area (TPSA) is 35.5 Å². The van der Waals surface area contributed by atoms with Crippen LogP contribution >= 0.6 is 11.6 Å². The molecular weight excluding hydrogens is 271 g/mol. The Morgan fingerprint density at radius 3 is 2.63 bits per heavy atom. The van der Waals surface area contributed by atoms with Crippen LogP contribution in [0.4, 0.5) is 4.39 Å². The average molecular weight is 287 g/mol. The molecule has 1 fully saturated rings. The van der Waals surface area contributed by atoms with Crippen molar-refractivity contribution in [3.05, 3.63) is 35.9 Å². The summed E-state index contributed by atoms with van der Waals surface area (Å²) in [5.74, 6) is -1.18. The first-order valence-electron chi connectivity index (χ1n) is 6.26. The van der Waals surface area contributed by atoms with Gasteiger partial charge >= 0.3 is 5.97 Å². The summed E-state index contributed by atoms with van der Waals surface area (Å²) in [6, 6.07) is 8.36. The first-order valence-corrected chi connectivity index (χ1v) is 6.64. The van der Waals surface area contributed by atoms with Crippen molar-refractivity contribution in [1.82, 2.24) is 0 Å². The van der Waals surface area contributed by atoms with Crippen LogP contribution in [0.25, 0.3) is 0 Å². The minimum absolute atomic E-state index is 0.339. The zero-order valence-electron chi connectivity index (χ0n) is 10.8. The number of hydrogen-bond acceptors (Lipinski definition) is 3. The fourth-order valence-corrected chi connectivity index (χ4v) is 2.36. The van der Waals surface area contributed by atoms with Gasteiger partial charge in [0, 0.05) is 5.92 Å². The van der Waals surface area contributed by atoms with Crippen LogP contribution in [0.3, 0.4) is 0 Å². The summed E-state index contributed by atoms with van der Waals surface area (Å²) in [7, 11) is 0. The van der Waals surface area contributed by atoms with Gasteiger partial charge in [0.2, 0.25) is 5.13 Å². The van der Waals surface area contributed by atoms with Gasteiger partial charge in [-0.15, -0.1) is 0 Å². The lowest BCUT2D eigenvalue weighted by Crippen LogP contribution is -2.36. The summed E-state index contributed by atoms with van der Waals surface area (Å²) in [6.45, 7) is 3.52. The van der Waals surface area contributed by atoms with Crippen LogP contribution in [0.5, 0.6) is 0 Å². The molecule has 4 atom stereocenters. The lowest BCUT2D eigenvalue weighted by Gasteiger charge is -2.21. The molecule has 0 bridgehead atoms. The molecule has 0 radical (unpaired) electrons. The summed E-state index contributed by atoms with van der Waals surface area (Å²) >= 11 is 5.82. The average Bonchev–Trinajstić information content (AvgIpc) is 2.63. The summed E-state index contributed by atoms with van der Waals surface area (Å²) in [5.41, 5.74) is 0.339. The van der Waals surface area contributed by atoms with Crippen LogP contribution in [0, 0.1) is 5.92 Å². The van der Waals surface area contributed by atoms with E-state index in [1.54, 1.807) is 37.3 Å². The highest BCUT2D eigenvalue weighted by Gasteiger charge is 2.56. The lowest BCUT2D eigenvalue weighted by atomic mass is 10.00. The molecule has 0 amide bonds. The molecule has 0 spiro atoms. The van der Waals surface area contributed by atoms with Gasteiger partial charge in [-0.05, 0) is 18.6 Å². The molecule has 5 heteroatoms. The van der Waals surface area contributed by atoms with Gasteiger partial charge in [-0.3, -0.25) is 0 Å². The molecule has 0 N–H and O–H groups in total. The number of hydrogen-bond donors (Lipinski definition) is 0. The first-order chi connectivity index (χ1) is 8.96. The molecular formula is C14H16ClFO3. The summed E-state index contributed by atoms with van der Waals surface area (Å²) in [6.07, 6.45) is -1.11. The number of halogens is 2. The first kappa shape index (κ1) is 14.3. The second kappa shape index (κ2) is 5.47. The monoisotopic (exact) mass is 286 g/mol. The van der Waals surface area contributed by atoms with Crippen molar-refractivity contribution < 1.29 is 18.7 Å². The molecule has 0 aromatic heterocycles. The van der Waals surface area contributed by atoms with Crippen molar-refractivity contribution in [1.29, 1.82) is 0 Å².